The second-order valence-electron chi connectivity index (χ2n) is 11.8. The summed E-state index contributed by atoms with van der Waals surface area (Å²) in [6.45, 7) is -4.30. The molecule has 14 N–H and O–H groups in total. The zero-order valence-electron chi connectivity index (χ0n) is 27.9. The number of aromatic amines is 2. The van der Waals surface area contributed by atoms with Crippen LogP contribution in [0.4, 0.5) is 17.7 Å². The molecule has 308 valence electrons. The summed E-state index contributed by atoms with van der Waals surface area (Å²) in [5, 5.41) is 41.9. The fourth-order valence-electron chi connectivity index (χ4n) is 5.25. The van der Waals surface area contributed by atoms with Gasteiger partial charge in [-0.25, -0.2) is 18.7 Å². The summed E-state index contributed by atoms with van der Waals surface area (Å²) < 4.78 is 72.2. The number of fused-ring (bicyclic) bond motifs is 1. The van der Waals surface area contributed by atoms with Crippen LogP contribution in [0.3, 0.4) is 0 Å². The van der Waals surface area contributed by atoms with Crippen LogP contribution in [0, 0.1) is 0 Å². The standard InChI is InChI=1S/C23H36N9O20P3/c1-31(11-2-12(33)28-22(24)27-11)20-16(36)14(34)9(50-20)5-48-54(42,43)46-3-8(52-53(39,40)41)4-47-55(44,45)49-6-10-15(35)17(37)21(51-10)32-7-26-13-18(32)29-23(25)30-19(13)38/h2,7-10,14-17,20-21,34-37H,3-6H2,1H3,(H,42,43)(H,44,45)(H2,39,40,41)(H3,24,27,28,33)(H3,25,29,30,38)/t8?,9-,10-,14-,15-,16-,17-,20?,21-/m1/s1. The number of aliphatic hydroxyl groups is 4. The predicted molar refractivity (Wildman–Crippen MR) is 177 cm³/mol. The number of H-pyrrole nitrogens is 2. The summed E-state index contributed by atoms with van der Waals surface area (Å²) in [6, 6.07) is 1.01. The van der Waals surface area contributed by atoms with Gasteiger partial charge in [-0.3, -0.25) is 46.7 Å². The molecule has 4 unspecified atom stereocenters. The van der Waals surface area contributed by atoms with E-state index < -0.39 is 116 Å². The van der Waals surface area contributed by atoms with Gasteiger partial charge in [0.1, 0.15) is 48.5 Å². The Bertz CT molecular complexity index is 2100. The third-order valence-corrected chi connectivity index (χ3v) is 10.3. The molecule has 5 heterocycles. The number of nitrogen functional groups attached to an aromatic ring is 2. The molecule has 2 aliphatic heterocycles. The van der Waals surface area contributed by atoms with Gasteiger partial charge in [-0.2, -0.15) is 9.97 Å². The summed E-state index contributed by atoms with van der Waals surface area (Å²) in [7, 11) is -14.5. The average molecular weight is 852 g/mol. The van der Waals surface area contributed by atoms with E-state index in [1.54, 1.807) is 0 Å². The van der Waals surface area contributed by atoms with Crippen LogP contribution in [0.25, 0.3) is 11.2 Å². The Morgan fingerprint density at radius 2 is 1.42 bits per heavy atom. The van der Waals surface area contributed by atoms with E-state index in [0.29, 0.717) is 0 Å². The molecule has 0 radical (unpaired) electrons. The zero-order chi connectivity index (χ0) is 40.6. The Labute approximate surface area is 305 Å². The van der Waals surface area contributed by atoms with Gasteiger partial charge in [0, 0.05) is 13.1 Å². The van der Waals surface area contributed by atoms with Crippen LogP contribution >= 0.6 is 23.5 Å². The molecule has 5 rings (SSSR count). The van der Waals surface area contributed by atoms with Crippen molar-refractivity contribution in [1.29, 1.82) is 0 Å². The van der Waals surface area contributed by atoms with Crippen LogP contribution in [-0.4, -0.2) is 152 Å². The van der Waals surface area contributed by atoms with Crippen molar-refractivity contribution >= 4 is 52.3 Å². The van der Waals surface area contributed by atoms with Crippen LogP contribution in [-0.2, 0) is 45.8 Å². The van der Waals surface area contributed by atoms with Gasteiger partial charge in [0.15, 0.2) is 23.6 Å². The number of nitrogens with zero attached hydrogens (tertiary/aromatic N) is 5. The number of ether oxygens (including phenoxy) is 2. The number of imidazole rings is 1. The second-order valence-corrected chi connectivity index (χ2v) is 15.9. The molecule has 29 nitrogen and oxygen atoms in total. The highest BCUT2D eigenvalue weighted by molar-refractivity contribution is 7.47. The second kappa shape index (κ2) is 16.7. The number of hydrogen-bond donors (Lipinski definition) is 12. The van der Waals surface area contributed by atoms with Crippen LogP contribution in [0.1, 0.15) is 6.23 Å². The van der Waals surface area contributed by atoms with E-state index in [2.05, 4.69) is 34.0 Å². The maximum Gasteiger partial charge on any atom is 0.472 e. The van der Waals surface area contributed by atoms with Gasteiger partial charge in [-0.1, -0.05) is 0 Å². The monoisotopic (exact) mass is 851 g/mol. The number of phosphoric acid groups is 3. The Morgan fingerprint density at radius 3 is 2.00 bits per heavy atom. The number of likely N-dealkylation sites (N-methyl/N-ethyl adjacent to an activating group) is 1. The van der Waals surface area contributed by atoms with E-state index in [1.807, 2.05) is 0 Å². The number of hydrogen-bond acceptors (Lipinski definition) is 22. The quantitative estimate of drug-likeness (QED) is 0.0568. The van der Waals surface area contributed by atoms with E-state index in [4.69, 9.17) is 34.5 Å². The minimum Gasteiger partial charge on any atom is -0.387 e. The van der Waals surface area contributed by atoms with Crippen LogP contribution in [0.5, 0.6) is 0 Å². The molecule has 2 aliphatic rings. The first-order chi connectivity index (χ1) is 25.5. The van der Waals surface area contributed by atoms with Crippen molar-refractivity contribution in [2.24, 2.45) is 0 Å². The summed E-state index contributed by atoms with van der Waals surface area (Å²) in [4.78, 5) is 80.0. The van der Waals surface area contributed by atoms with Gasteiger partial charge >= 0.3 is 23.5 Å². The van der Waals surface area contributed by atoms with Gasteiger partial charge < -0.3 is 65.8 Å². The number of aromatic nitrogens is 6. The smallest absolute Gasteiger partial charge is 0.387 e. The van der Waals surface area contributed by atoms with Crippen LogP contribution in [0.15, 0.2) is 22.0 Å². The van der Waals surface area contributed by atoms with Crippen molar-refractivity contribution in [1.82, 2.24) is 29.5 Å². The summed E-state index contributed by atoms with van der Waals surface area (Å²) in [5.74, 6) is -0.620. The lowest BCUT2D eigenvalue weighted by atomic mass is 10.1. The highest BCUT2D eigenvalue weighted by atomic mass is 31.2. The zero-order valence-corrected chi connectivity index (χ0v) is 30.6. The number of anilines is 3. The summed E-state index contributed by atoms with van der Waals surface area (Å²) in [5.41, 5.74) is 9.43. The lowest BCUT2D eigenvalue weighted by molar-refractivity contribution is -0.0527. The maximum absolute atomic E-state index is 12.6. The van der Waals surface area contributed by atoms with Crippen molar-refractivity contribution in [3.05, 3.63) is 33.1 Å². The molecule has 0 bridgehead atoms. The average Bonchev–Trinajstić information content (AvgIpc) is 3.72. The molecule has 3 aromatic rings. The molecular weight excluding hydrogens is 815 g/mol. The van der Waals surface area contributed by atoms with Crippen LogP contribution < -0.4 is 27.5 Å². The van der Waals surface area contributed by atoms with Crippen molar-refractivity contribution in [3.63, 3.8) is 0 Å². The lowest BCUT2D eigenvalue weighted by Crippen LogP contribution is -2.43. The van der Waals surface area contributed by atoms with Gasteiger partial charge in [0.25, 0.3) is 11.1 Å². The first kappa shape index (κ1) is 42.9. The van der Waals surface area contributed by atoms with Crippen molar-refractivity contribution in [3.8, 4) is 0 Å². The summed E-state index contributed by atoms with van der Waals surface area (Å²) >= 11 is 0. The van der Waals surface area contributed by atoms with Crippen molar-refractivity contribution in [2.45, 2.75) is 55.2 Å². The molecule has 0 amide bonds. The molecule has 0 aliphatic carbocycles. The molecule has 3 aromatic heterocycles. The van der Waals surface area contributed by atoms with E-state index in [-0.39, 0.29) is 28.9 Å². The first-order valence-electron chi connectivity index (χ1n) is 15.4. The maximum atomic E-state index is 12.6. The molecule has 2 fully saturated rings. The minimum absolute atomic E-state index is 0.0634. The first-order valence-corrected chi connectivity index (χ1v) is 19.9. The van der Waals surface area contributed by atoms with Gasteiger partial charge in [-0.15, -0.1) is 0 Å². The van der Waals surface area contributed by atoms with Crippen molar-refractivity contribution in [2.75, 3.05) is 49.8 Å². The fraction of sp³-hybridized carbons (Fsp3) is 0.609. The highest BCUT2D eigenvalue weighted by Crippen LogP contribution is 2.48. The topological polar surface area (TPSA) is 442 Å². The number of nitrogens with two attached hydrogens (primary N) is 2. The van der Waals surface area contributed by atoms with E-state index >= 15 is 0 Å². The largest absolute Gasteiger partial charge is 0.472 e. The lowest BCUT2D eigenvalue weighted by Gasteiger charge is -2.27. The molecule has 2 saturated heterocycles. The van der Waals surface area contributed by atoms with Gasteiger partial charge in [0.2, 0.25) is 11.9 Å². The number of nitrogens with one attached hydrogen (secondary N) is 2. The SMILES string of the molecule is CN(c1cc(=O)[nH]c(N)n1)C1O[C@H](COP(=O)(O)OCC(COP(=O)(O)OC[C@H]2O[C@@H](n3cnc4c(=O)[nH]c(N)nc43)[C@H](O)[C@@H]2O)OP(=O)(O)O)[C@@H](O)[C@H]1O. The number of aliphatic hydroxyl groups excluding tert-OH is 4. The Morgan fingerprint density at radius 1 is 0.855 bits per heavy atom. The number of rotatable bonds is 17. The molecule has 11 atom stereocenters. The Hall–Kier alpha value is -3.28. The van der Waals surface area contributed by atoms with E-state index in [0.717, 1.165) is 21.9 Å². The highest BCUT2D eigenvalue weighted by Gasteiger charge is 2.47. The van der Waals surface area contributed by atoms with Crippen LogP contribution in [0.2, 0.25) is 0 Å². The third kappa shape index (κ3) is 10.6. The summed E-state index contributed by atoms with van der Waals surface area (Å²) in [6.07, 6.45) is -13.6. The minimum atomic E-state index is -5.41. The molecule has 0 spiro atoms. The normalized spacial score (nSPS) is 28.6. The Kier molecular flexibility index (Phi) is 13.0. The predicted octanol–water partition coefficient (Wildman–Crippen LogP) is -4.69. The number of phosphoric ester groups is 3. The molecular formula is C23H36N9O20P3. The molecule has 32 heteroatoms. The fourth-order valence-corrected chi connectivity index (χ4v) is 7.29. The van der Waals surface area contributed by atoms with Gasteiger partial charge in [0.05, 0.1) is 32.8 Å². The van der Waals surface area contributed by atoms with E-state index in [1.165, 1.54) is 7.05 Å². The molecule has 0 aromatic carbocycles. The van der Waals surface area contributed by atoms with Crippen molar-refractivity contribution < 1.29 is 85.8 Å². The van der Waals surface area contributed by atoms with E-state index in [9.17, 15) is 63.3 Å². The molecule has 55 heavy (non-hydrogen) atoms. The third-order valence-electron chi connectivity index (χ3n) is 7.83. The van der Waals surface area contributed by atoms with Gasteiger partial charge in [-0.05, 0) is 0 Å². The molecule has 0 saturated carbocycles. The Balaban J connectivity index is 1.13.